The van der Waals surface area contributed by atoms with Crippen molar-refractivity contribution in [3.63, 3.8) is 0 Å². The van der Waals surface area contributed by atoms with Gasteiger partial charge in [0.05, 0.1) is 5.69 Å². The molecule has 2 amide bonds. The molecule has 1 aromatic heterocycles. The first-order chi connectivity index (χ1) is 17.0. The van der Waals surface area contributed by atoms with Gasteiger partial charge in [-0.1, -0.05) is 42.5 Å². The van der Waals surface area contributed by atoms with Gasteiger partial charge in [-0.05, 0) is 40.6 Å². The molecule has 0 fully saturated rings. The average Bonchev–Trinajstić information content (AvgIpc) is 3.44. The minimum Gasteiger partial charge on any atom is -0.484 e. The number of rotatable bonds is 8. The maximum Gasteiger partial charge on any atom is 0.263 e. The Morgan fingerprint density at radius 2 is 1.80 bits per heavy atom. The lowest BCUT2D eigenvalue weighted by Crippen LogP contribution is -2.29. The number of halogens is 1. The Hall–Kier alpha value is -3.85. The quantitative estimate of drug-likeness (QED) is 0.386. The van der Waals surface area contributed by atoms with E-state index in [0.717, 1.165) is 33.3 Å². The number of benzene rings is 3. The Bertz CT molecular complexity index is 1390. The number of thioether (sulfide) groups is 1. The molecule has 1 aliphatic heterocycles. The van der Waals surface area contributed by atoms with Crippen LogP contribution in [0, 0.1) is 5.82 Å². The van der Waals surface area contributed by atoms with Gasteiger partial charge in [0.25, 0.3) is 5.91 Å². The number of hydrogen-bond donors (Lipinski definition) is 2. The molecule has 7 nitrogen and oxygen atoms in total. The van der Waals surface area contributed by atoms with E-state index in [1.807, 2.05) is 42.5 Å². The highest BCUT2D eigenvalue weighted by atomic mass is 32.2. The van der Waals surface area contributed by atoms with Crippen LogP contribution in [0.4, 0.5) is 10.2 Å². The SMILES string of the molecule is O=C(Cn1nc2c(c1NC(=O)COc1ccc3ccccc3c1)CSC2)NCc1ccc(F)cc1. The van der Waals surface area contributed by atoms with E-state index in [-0.39, 0.29) is 37.3 Å². The van der Waals surface area contributed by atoms with E-state index in [4.69, 9.17) is 4.74 Å². The van der Waals surface area contributed by atoms with Crippen LogP contribution in [-0.4, -0.2) is 28.2 Å². The molecular formula is C26H23FN4O3S. The van der Waals surface area contributed by atoms with Crippen LogP contribution in [0.25, 0.3) is 10.8 Å². The summed E-state index contributed by atoms with van der Waals surface area (Å²) in [6, 6.07) is 19.6. The van der Waals surface area contributed by atoms with Crippen molar-refractivity contribution in [2.45, 2.75) is 24.6 Å². The number of carbonyl (C=O) groups is 2. The highest BCUT2D eigenvalue weighted by Gasteiger charge is 2.25. The van der Waals surface area contributed by atoms with Gasteiger partial charge in [-0.15, -0.1) is 0 Å². The van der Waals surface area contributed by atoms with Gasteiger partial charge >= 0.3 is 0 Å². The summed E-state index contributed by atoms with van der Waals surface area (Å²) in [5, 5.41) is 12.4. The summed E-state index contributed by atoms with van der Waals surface area (Å²) in [4.78, 5) is 25.3. The predicted molar refractivity (Wildman–Crippen MR) is 134 cm³/mol. The molecule has 2 heterocycles. The Labute approximate surface area is 205 Å². The zero-order valence-corrected chi connectivity index (χ0v) is 19.6. The van der Waals surface area contributed by atoms with E-state index in [1.165, 1.54) is 16.8 Å². The van der Waals surface area contributed by atoms with Crippen LogP contribution in [0.15, 0.2) is 66.7 Å². The summed E-state index contributed by atoms with van der Waals surface area (Å²) >= 11 is 1.71. The van der Waals surface area contributed by atoms with Crippen molar-refractivity contribution in [3.8, 4) is 5.75 Å². The first kappa shape index (κ1) is 22.9. The van der Waals surface area contributed by atoms with Crippen LogP contribution in [0.1, 0.15) is 16.8 Å². The van der Waals surface area contributed by atoms with E-state index >= 15 is 0 Å². The first-order valence-electron chi connectivity index (χ1n) is 11.1. The molecule has 4 aromatic rings. The van der Waals surface area contributed by atoms with Crippen molar-refractivity contribution in [2.24, 2.45) is 0 Å². The van der Waals surface area contributed by atoms with Gasteiger partial charge in [-0.25, -0.2) is 9.07 Å². The molecule has 0 bridgehead atoms. The van der Waals surface area contributed by atoms with Gasteiger partial charge in [-0.3, -0.25) is 9.59 Å². The van der Waals surface area contributed by atoms with Gasteiger partial charge in [-0.2, -0.15) is 16.9 Å². The molecule has 3 aromatic carbocycles. The zero-order valence-electron chi connectivity index (χ0n) is 18.8. The van der Waals surface area contributed by atoms with E-state index in [1.54, 1.807) is 23.9 Å². The monoisotopic (exact) mass is 490 g/mol. The number of nitrogens with one attached hydrogen (secondary N) is 2. The fourth-order valence-electron chi connectivity index (χ4n) is 3.89. The highest BCUT2D eigenvalue weighted by Crippen LogP contribution is 2.34. The van der Waals surface area contributed by atoms with Gasteiger partial charge in [0, 0.05) is 23.6 Å². The minimum atomic E-state index is -0.328. The second kappa shape index (κ2) is 10.2. The summed E-state index contributed by atoms with van der Waals surface area (Å²) in [6.45, 7) is 0.0689. The summed E-state index contributed by atoms with van der Waals surface area (Å²) in [5.41, 5.74) is 2.59. The maximum absolute atomic E-state index is 13.1. The number of hydrogen-bond acceptors (Lipinski definition) is 5. The Balaban J connectivity index is 1.22. The van der Waals surface area contributed by atoms with Crippen LogP contribution >= 0.6 is 11.8 Å². The second-order valence-corrected chi connectivity index (χ2v) is 9.16. The Morgan fingerprint density at radius 1 is 1.00 bits per heavy atom. The van der Waals surface area contributed by atoms with E-state index < -0.39 is 0 Å². The zero-order chi connectivity index (χ0) is 24.2. The standard InChI is InChI=1S/C26H23FN4O3S/c27-20-8-5-17(6-9-20)12-28-24(32)13-31-26(22-15-35-16-23(22)30-31)29-25(33)14-34-21-10-7-18-3-1-2-4-19(18)11-21/h1-11H,12-16H2,(H,28,32)(H,29,33). The summed E-state index contributed by atoms with van der Waals surface area (Å²) in [7, 11) is 0. The van der Waals surface area contributed by atoms with Crippen molar-refractivity contribution < 1.29 is 18.7 Å². The maximum atomic E-state index is 13.1. The second-order valence-electron chi connectivity index (χ2n) is 8.17. The van der Waals surface area contributed by atoms with Gasteiger partial charge in [0.1, 0.15) is 23.9 Å². The lowest BCUT2D eigenvalue weighted by molar-refractivity contribution is -0.122. The van der Waals surface area contributed by atoms with Gasteiger partial charge in [0.15, 0.2) is 6.61 Å². The van der Waals surface area contributed by atoms with Crippen LogP contribution in [0.5, 0.6) is 5.75 Å². The Morgan fingerprint density at radius 3 is 2.63 bits per heavy atom. The number of carbonyl (C=O) groups excluding carboxylic acids is 2. The fraction of sp³-hybridized carbons (Fsp3) is 0.192. The van der Waals surface area contributed by atoms with Crippen molar-refractivity contribution in [1.82, 2.24) is 15.1 Å². The Kier molecular flexibility index (Phi) is 6.67. The minimum absolute atomic E-state index is 0.0417. The largest absolute Gasteiger partial charge is 0.484 e. The fourth-order valence-corrected chi connectivity index (χ4v) is 4.92. The number of nitrogens with zero attached hydrogens (tertiary/aromatic N) is 2. The number of aromatic nitrogens is 2. The molecule has 5 rings (SSSR count). The average molecular weight is 491 g/mol. The van der Waals surface area contributed by atoms with Crippen LogP contribution in [0.3, 0.4) is 0 Å². The van der Waals surface area contributed by atoms with Crippen LogP contribution < -0.4 is 15.4 Å². The van der Waals surface area contributed by atoms with Crippen LogP contribution in [-0.2, 0) is 34.2 Å². The molecule has 2 N–H and O–H groups in total. The van der Waals surface area contributed by atoms with Gasteiger partial charge in [0.2, 0.25) is 5.91 Å². The molecule has 0 unspecified atom stereocenters. The molecule has 1 aliphatic rings. The lowest BCUT2D eigenvalue weighted by Gasteiger charge is -2.12. The summed E-state index contributed by atoms with van der Waals surface area (Å²) < 4.78 is 20.3. The van der Waals surface area contributed by atoms with Gasteiger partial charge < -0.3 is 15.4 Å². The molecular weight excluding hydrogens is 467 g/mol. The third kappa shape index (κ3) is 5.46. The molecule has 0 aliphatic carbocycles. The van der Waals surface area contributed by atoms with E-state index in [9.17, 15) is 14.0 Å². The third-order valence-corrected chi connectivity index (χ3v) is 6.63. The van der Waals surface area contributed by atoms with Crippen molar-refractivity contribution in [1.29, 1.82) is 0 Å². The van der Waals surface area contributed by atoms with Crippen molar-refractivity contribution in [3.05, 3.63) is 89.4 Å². The highest BCUT2D eigenvalue weighted by molar-refractivity contribution is 7.98. The first-order valence-corrected chi connectivity index (χ1v) is 12.3. The smallest absolute Gasteiger partial charge is 0.263 e. The van der Waals surface area contributed by atoms with Crippen LogP contribution in [0.2, 0.25) is 0 Å². The number of amides is 2. The molecule has 178 valence electrons. The van der Waals surface area contributed by atoms with Crippen molar-refractivity contribution >= 4 is 40.2 Å². The molecule has 0 atom stereocenters. The predicted octanol–water partition coefficient (Wildman–Crippen LogP) is 4.26. The van der Waals surface area contributed by atoms with Crippen molar-refractivity contribution in [2.75, 3.05) is 11.9 Å². The molecule has 0 spiro atoms. The lowest BCUT2D eigenvalue weighted by atomic mass is 10.1. The number of fused-ring (bicyclic) bond motifs is 2. The molecule has 0 radical (unpaired) electrons. The number of anilines is 1. The molecule has 0 saturated heterocycles. The molecule has 0 saturated carbocycles. The normalized spacial score (nSPS) is 12.4. The molecule has 9 heteroatoms. The third-order valence-electron chi connectivity index (χ3n) is 5.66. The van der Waals surface area contributed by atoms with E-state index in [2.05, 4.69) is 15.7 Å². The summed E-state index contributed by atoms with van der Waals surface area (Å²) in [6.07, 6.45) is 0. The topological polar surface area (TPSA) is 85.2 Å². The molecule has 35 heavy (non-hydrogen) atoms. The number of ether oxygens (including phenoxy) is 1. The summed E-state index contributed by atoms with van der Waals surface area (Å²) in [5.74, 6) is 1.66. The van der Waals surface area contributed by atoms with E-state index in [0.29, 0.717) is 17.3 Å².